The molecule has 1 saturated heterocycles. The van der Waals surface area contributed by atoms with Gasteiger partial charge in [-0.3, -0.25) is 4.79 Å². The predicted octanol–water partition coefficient (Wildman–Crippen LogP) is 1.53. The number of likely N-dealkylation sites (N-methyl/N-ethyl adjacent to an activating group) is 1. The van der Waals surface area contributed by atoms with E-state index < -0.39 is 0 Å². The third kappa shape index (κ3) is 3.29. The molecule has 1 fully saturated rings. The van der Waals surface area contributed by atoms with Gasteiger partial charge in [-0.2, -0.15) is 0 Å². The third-order valence-electron chi connectivity index (χ3n) is 3.37. The van der Waals surface area contributed by atoms with Crippen molar-refractivity contribution < 1.29 is 9.18 Å². The molecule has 0 bridgehead atoms. The first-order chi connectivity index (χ1) is 8.66. The largest absolute Gasteiger partial charge is 0.341 e. The second-order valence-corrected chi connectivity index (χ2v) is 4.81. The van der Waals surface area contributed by atoms with Crippen LogP contribution in [0.15, 0.2) is 24.3 Å². The van der Waals surface area contributed by atoms with Crippen LogP contribution in [0.25, 0.3) is 0 Å². The van der Waals surface area contributed by atoms with Crippen LogP contribution in [0, 0.1) is 5.82 Å². The van der Waals surface area contributed by atoms with Crippen LogP contribution in [-0.4, -0.2) is 48.9 Å². The molecule has 0 spiro atoms. The van der Waals surface area contributed by atoms with Gasteiger partial charge < -0.3 is 9.80 Å². The van der Waals surface area contributed by atoms with Gasteiger partial charge in [-0.25, -0.2) is 4.39 Å². The van der Waals surface area contributed by atoms with Gasteiger partial charge in [0.1, 0.15) is 5.82 Å². The first-order valence-electron chi connectivity index (χ1n) is 6.36. The smallest absolute Gasteiger partial charge is 0.227 e. The highest BCUT2D eigenvalue weighted by molar-refractivity contribution is 5.78. The van der Waals surface area contributed by atoms with Gasteiger partial charge in [0.2, 0.25) is 5.91 Å². The minimum atomic E-state index is -0.294. The number of carbonyl (C=O) groups is 1. The summed E-state index contributed by atoms with van der Waals surface area (Å²) in [7, 11) is 2.06. The first-order valence-corrected chi connectivity index (χ1v) is 6.36. The molecule has 0 N–H and O–H groups in total. The van der Waals surface area contributed by atoms with E-state index in [9.17, 15) is 9.18 Å². The Morgan fingerprint density at radius 1 is 1.22 bits per heavy atom. The molecule has 0 saturated carbocycles. The fraction of sp³-hybridized carbons (Fsp3) is 0.500. The Bertz CT molecular complexity index is 422. The Morgan fingerprint density at radius 3 is 2.78 bits per heavy atom. The normalized spacial score (nSPS) is 17.6. The molecule has 1 heterocycles. The Labute approximate surface area is 107 Å². The lowest BCUT2D eigenvalue weighted by Gasteiger charge is -2.20. The molecular weight excluding hydrogens is 231 g/mol. The predicted molar refractivity (Wildman–Crippen MR) is 68.8 cm³/mol. The summed E-state index contributed by atoms with van der Waals surface area (Å²) in [5, 5.41) is 0. The molecule has 0 aromatic heterocycles. The minimum Gasteiger partial charge on any atom is -0.341 e. The molecule has 1 aliphatic heterocycles. The van der Waals surface area contributed by atoms with Crippen molar-refractivity contribution in [2.75, 3.05) is 33.2 Å². The van der Waals surface area contributed by atoms with Crippen LogP contribution in [-0.2, 0) is 11.2 Å². The molecule has 0 atom stereocenters. The summed E-state index contributed by atoms with van der Waals surface area (Å²) in [6.45, 7) is 3.42. The summed E-state index contributed by atoms with van der Waals surface area (Å²) in [6.07, 6.45) is 1.15. The summed E-state index contributed by atoms with van der Waals surface area (Å²) in [4.78, 5) is 16.2. The summed E-state index contributed by atoms with van der Waals surface area (Å²) in [6, 6.07) is 6.49. The second-order valence-electron chi connectivity index (χ2n) is 4.81. The van der Waals surface area contributed by atoms with Crippen LogP contribution in [0.3, 0.4) is 0 Å². The average molecular weight is 250 g/mol. The lowest BCUT2D eigenvalue weighted by Crippen LogP contribution is -2.35. The van der Waals surface area contributed by atoms with Crippen molar-refractivity contribution >= 4 is 5.91 Å². The highest BCUT2D eigenvalue weighted by atomic mass is 19.1. The molecule has 0 radical (unpaired) electrons. The Balaban J connectivity index is 1.97. The van der Waals surface area contributed by atoms with Crippen molar-refractivity contribution in [3.05, 3.63) is 35.6 Å². The maximum atomic E-state index is 13.5. The van der Waals surface area contributed by atoms with Crippen LogP contribution >= 0.6 is 0 Å². The minimum absolute atomic E-state index is 0.0235. The number of carbonyl (C=O) groups excluding carboxylic acids is 1. The lowest BCUT2D eigenvalue weighted by molar-refractivity contribution is -0.130. The number of halogens is 1. The van der Waals surface area contributed by atoms with Crippen LogP contribution in [0.2, 0.25) is 0 Å². The van der Waals surface area contributed by atoms with Crippen LogP contribution in [0.1, 0.15) is 12.0 Å². The van der Waals surface area contributed by atoms with Crippen molar-refractivity contribution in [2.45, 2.75) is 12.8 Å². The molecule has 98 valence electrons. The van der Waals surface area contributed by atoms with Crippen LogP contribution in [0.5, 0.6) is 0 Å². The maximum absolute atomic E-state index is 13.5. The van der Waals surface area contributed by atoms with E-state index in [1.54, 1.807) is 18.2 Å². The van der Waals surface area contributed by atoms with Crippen LogP contribution in [0.4, 0.5) is 4.39 Å². The topological polar surface area (TPSA) is 23.6 Å². The zero-order chi connectivity index (χ0) is 13.0. The molecule has 1 amide bonds. The maximum Gasteiger partial charge on any atom is 0.227 e. The fourth-order valence-electron chi connectivity index (χ4n) is 2.21. The van der Waals surface area contributed by atoms with E-state index in [1.807, 2.05) is 4.90 Å². The SMILES string of the molecule is CN1CCCN(C(=O)Cc2ccccc2F)CC1. The van der Waals surface area contributed by atoms with Gasteiger partial charge in [-0.05, 0) is 31.6 Å². The Kier molecular flexibility index (Phi) is 4.31. The van der Waals surface area contributed by atoms with Crippen molar-refractivity contribution in [1.82, 2.24) is 9.80 Å². The van der Waals surface area contributed by atoms with E-state index in [0.29, 0.717) is 5.56 Å². The van der Waals surface area contributed by atoms with Crippen molar-refractivity contribution in [1.29, 1.82) is 0 Å². The van der Waals surface area contributed by atoms with E-state index in [0.717, 1.165) is 32.6 Å². The molecule has 3 nitrogen and oxygen atoms in total. The van der Waals surface area contributed by atoms with Gasteiger partial charge in [0.15, 0.2) is 0 Å². The zero-order valence-corrected chi connectivity index (χ0v) is 10.7. The zero-order valence-electron chi connectivity index (χ0n) is 10.7. The van der Waals surface area contributed by atoms with Crippen molar-refractivity contribution in [2.24, 2.45) is 0 Å². The fourth-order valence-corrected chi connectivity index (χ4v) is 2.21. The number of hydrogen-bond donors (Lipinski definition) is 0. The number of hydrogen-bond acceptors (Lipinski definition) is 2. The van der Waals surface area contributed by atoms with Gasteiger partial charge in [0.05, 0.1) is 6.42 Å². The summed E-state index contributed by atoms with van der Waals surface area (Å²) < 4.78 is 13.5. The van der Waals surface area contributed by atoms with E-state index in [4.69, 9.17) is 0 Å². The highest BCUT2D eigenvalue weighted by Gasteiger charge is 2.18. The van der Waals surface area contributed by atoms with E-state index in [-0.39, 0.29) is 18.1 Å². The van der Waals surface area contributed by atoms with Gasteiger partial charge in [0.25, 0.3) is 0 Å². The highest BCUT2D eigenvalue weighted by Crippen LogP contribution is 2.10. The quantitative estimate of drug-likeness (QED) is 0.795. The van der Waals surface area contributed by atoms with Gasteiger partial charge in [-0.1, -0.05) is 18.2 Å². The second kappa shape index (κ2) is 5.96. The van der Waals surface area contributed by atoms with Gasteiger partial charge >= 0.3 is 0 Å². The Hall–Kier alpha value is -1.42. The Morgan fingerprint density at radius 2 is 2.00 bits per heavy atom. The molecule has 1 aromatic carbocycles. The monoisotopic (exact) mass is 250 g/mol. The number of amides is 1. The third-order valence-corrected chi connectivity index (χ3v) is 3.37. The summed E-state index contributed by atoms with van der Waals surface area (Å²) >= 11 is 0. The van der Waals surface area contributed by atoms with Gasteiger partial charge in [0, 0.05) is 19.6 Å². The molecule has 1 aliphatic rings. The first kappa shape index (κ1) is 13.0. The van der Waals surface area contributed by atoms with Gasteiger partial charge in [-0.15, -0.1) is 0 Å². The number of rotatable bonds is 2. The molecule has 18 heavy (non-hydrogen) atoms. The van der Waals surface area contributed by atoms with Crippen molar-refractivity contribution in [3.63, 3.8) is 0 Å². The van der Waals surface area contributed by atoms with E-state index in [1.165, 1.54) is 6.07 Å². The average Bonchev–Trinajstić information content (AvgIpc) is 2.57. The molecule has 2 rings (SSSR count). The number of benzene rings is 1. The summed E-state index contributed by atoms with van der Waals surface area (Å²) in [5.41, 5.74) is 0.486. The molecule has 0 aliphatic carbocycles. The summed E-state index contributed by atoms with van der Waals surface area (Å²) in [5.74, 6) is -0.270. The molecule has 1 aromatic rings. The van der Waals surface area contributed by atoms with Crippen molar-refractivity contribution in [3.8, 4) is 0 Å². The lowest BCUT2D eigenvalue weighted by atomic mass is 10.1. The molecule has 0 unspecified atom stereocenters. The van der Waals surface area contributed by atoms with E-state index >= 15 is 0 Å². The van der Waals surface area contributed by atoms with E-state index in [2.05, 4.69) is 11.9 Å². The molecular formula is C14H19FN2O. The molecule has 4 heteroatoms. The number of nitrogens with zero attached hydrogens (tertiary/aromatic N) is 2. The standard InChI is InChI=1S/C14H19FN2O/c1-16-7-4-8-17(10-9-16)14(18)11-12-5-2-3-6-13(12)15/h2-3,5-6H,4,7-11H2,1H3. The van der Waals surface area contributed by atoms with Crippen LogP contribution < -0.4 is 0 Å².